The third-order valence-corrected chi connectivity index (χ3v) is 6.61. The molecule has 1 aliphatic heterocycles. The van der Waals surface area contributed by atoms with E-state index in [9.17, 15) is 9.18 Å². The van der Waals surface area contributed by atoms with Gasteiger partial charge in [0, 0.05) is 24.1 Å². The first kappa shape index (κ1) is 23.9. The van der Waals surface area contributed by atoms with Crippen LogP contribution in [0, 0.1) is 5.82 Å². The molecule has 188 valence electrons. The van der Waals surface area contributed by atoms with Crippen molar-refractivity contribution in [2.75, 3.05) is 6.54 Å². The highest BCUT2D eigenvalue weighted by Crippen LogP contribution is 2.37. The number of benzene rings is 2. The minimum atomic E-state index is -0.471. The smallest absolute Gasteiger partial charge is 0.407 e. The SMILES string of the molecule is O=C(NCCc1nn(C2CCCC2)c(-c2ccc(F)cc2)c1CC1OC=CO1)OCc1ccccc1. The van der Waals surface area contributed by atoms with Gasteiger partial charge in [0.2, 0.25) is 6.29 Å². The summed E-state index contributed by atoms with van der Waals surface area (Å²) < 4.78 is 32.3. The number of carbonyl (C=O) groups excluding carboxylic acids is 1. The van der Waals surface area contributed by atoms with E-state index in [1.807, 2.05) is 30.3 Å². The van der Waals surface area contributed by atoms with Gasteiger partial charge in [-0.25, -0.2) is 9.18 Å². The Labute approximate surface area is 209 Å². The van der Waals surface area contributed by atoms with Crippen LogP contribution in [-0.4, -0.2) is 28.7 Å². The highest BCUT2D eigenvalue weighted by molar-refractivity contribution is 5.67. The molecular weight excluding hydrogens is 461 g/mol. The Morgan fingerprint density at radius 3 is 2.50 bits per heavy atom. The molecular formula is C28H30FN3O4. The predicted molar refractivity (Wildman–Crippen MR) is 132 cm³/mol. The standard InChI is InChI=1S/C28H30FN3O4/c29-22-12-10-21(11-13-22)27-24(18-26-34-16-17-35-26)25(31-32(27)23-8-4-5-9-23)14-15-30-28(33)36-19-20-6-2-1-3-7-20/h1-3,6-7,10-13,16-17,23,26H,4-5,8-9,14-15,18-19H2,(H,30,33). The van der Waals surface area contributed by atoms with Crippen LogP contribution in [-0.2, 0) is 33.7 Å². The third-order valence-electron chi connectivity index (χ3n) is 6.61. The quantitative estimate of drug-likeness (QED) is 0.418. The normalized spacial score (nSPS) is 15.6. The molecule has 8 heteroatoms. The van der Waals surface area contributed by atoms with Gasteiger partial charge in [-0.2, -0.15) is 5.10 Å². The Balaban J connectivity index is 1.35. The van der Waals surface area contributed by atoms with E-state index in [2.05, 4.69) is 10.00 Å². The number of carbonyl (C=O) groups is 1. The first-order valence-corrected chi connectivity index (χ1v) is 12.4. The number of ether oxygens (including phenoxy) is 3. The predicted octanol–water partition coefficient (Wildman–Crippen LogP) is 5.66. The first-order valence-electron chi connectivity index (χ1n) is 12.4. The topological polar surface area (TPSA) is 74.6 Å². The lowest BCUT2D eigenvalue weighted by Crippen LogP contribution is -2.27. The molecule has 1 aromatic heterocycles. The third kappa shape index (κ3) is 5.70. The lowest BCUT2D eigenvalue weighted by atomic mass is 10.0. The Hall–Kier alpha value is -3.81. The second-order valence-electron chi connectivity index (χ2n) is 9.08. The molecule has 1 fully saturated rings. The summed E-state index contributed by atoms with van der Waals surface area (Å²) in [6, 6.07) is 16.4. The van der Waals surface area contributed by atoms with Crippen molar-refractivity contribution in [2.45, 2.75) is 57.5 Å². The van der Waals surface area contributed by atoms with Crippen molar-refractivity contribution >= 4 is 6.09 Å². The number of hydrogen-bond donors (Lipinski definition) is 1. The van der Waals surface area contributed by atoms with Gasteiger partial charge in [-0.3, -0.25) is 4.68 Å². The zero-order chi connectivity index (χ0) is 24.7. The van der Waals surface area contributed by atoms with E-state index in [1.54, 1.807) is 12.1 Å². The van der Waals surface area contributed by atoms with Crippen molar-refractivity contribution in [3.63, 3.8) is 0 Å². The zero-order valence-corrected chi connectivity index (χ0v) is 20.1. The molecule has 0 atom stereocenters. The molecule has 0 saturated heterocycles. The summed E-state index contributed by atoms with van der Waals surface area (Å²) in [5, 5.41) is 7.86. The Morgan fingerprint density at radius 1 is 1.06 bits per heavy atom. The maximum atomic E-state index is 13.7. The number of amides is 1. The molecule has 5 rings (SSSR count). The Kier molecular flexibility index (Phi) is 7.50. The van der Waals surface area contributed by atoms with Crippen LogP contribution in [0.3, 0.4) is 0 Å². The van der Waals surface area contributed by atoms with Crippen LogP contribution in [0.5, 0.6) is 0 Å². The number of halogens is 1. The van der Waals surface area contributed by atoms with Crippen LogP contribution in [0.25, 0.3) is 11.3 Å². The van der Waals surface area contributed by atoms with Crippen LogP contribution >= 0.6 is 0 Å². The van der Waals surface area contributed by atoms with E-state index >= 15 is 0 Å². The van der Waals surface area contributed by atoms with E-state index in [1.165, 1.54) is 24.7 Å². The van der Waals surface area contributed by atoms with Crippen LogP contribution in [0.15, 0.2) is 67.1 Å². The van der Waals surface area contributed by atoms with Gasteiger partial charge in [-0.1, -0.05) is 43.2 Å². The number of nitrogens with one attached hydrogen (secondary N) is 1. The average Bonchev–Trinajstić information content (AvgIpc) is 3.67. The van der Waals surface area contributed by atoms with Gasteiger partial charge in [-0.15, -0.1) is 0 Å². The van der Waals surface area contributed by atoms with Crippen molar-refractivity contribution in [1.82, 2.24) is 15.1 Å². The van der Waals surface area contributed by atoms with Crippen molar-refractivity contribution < 1.29 is 23.4 Å². The molecule has 0 unspecified atom stereocenters. The van der Waals surface area contributed by atoms with E-state index in [0.29, 0.717) is 19.4 Å². The highest BCUT2D eigenvalue weighted by atomic mass is 19.1. The van der Waals surface area contributed by atoms with E-state index in [-0.39, 0.29) is 18.5 Å². The fourth-order valence-corrected chi connectivity index (χ4v) is 4.85. The zero-order valence-electron chi connectivity index (χ0n) is 20.1. The van der Waals surface area contributed by atoms with Crippen LogP contribution in [0.1, 0.15) is 48.5 Å². The molecule has 0 spiro atoms. The summed E-state index contributed by atoms with van der Waals surface area (Å²) in [7, 11) is 0. The first-order chi connectivity index (χ1) is 17.7. The molecule has 2 aliphatic rings. The van der Waals surface area contributed by atoms with E-state index in [4.69, 9.17) is 19.3 Å². The van der Waals surface area contributed by atoms with Crippen molar-refractivity contribution in [2.24, 2.45) is 0 Å². The average molecular weight is 492 g/mol. The maximum Gasteiger partial charge on any atom is 0.407 e. The van der Waals surface area contributed by atoms with Gasteiger partial charge in [-0.05, 0) is 42.7 Å². The fourth-order valence-electron chi connectivity index (χ4n) is 4.85. The van der Waals surface area contributed by atoms with Gasteiger partial charge in [0.05, 0.1) is 23.9 Å². The minimum Gasteiger partial charge on any atom is -0.459 e. The lowest BCUT2D eigenvalue weighted by molar-refractivity contribution is -0.0210. The summed E-state index contributed by atoms with van der Waals surface area (Å²) in [5.41, 5.74) is 4.64. The number of rotatable bonds is 9. The molecule has 3 aromatic rings. The summed E-state index contributed by atoms with van der Waals surface area (Å²) in [6.45, 7) is 0.585. The molecule has 0 radical (unpaired) electrons. The van der Waals surface area contributed by atoms with Crippen LogP contribution in [0.2, 0.25) is 0 Å². The monoisotopic (exact) mass is 491 g/mol. The molecule has 1 amide bonds. The van der Waals surface area contributed by atoms with Gasteiger partial charge >= 0.3 is 6.09 Å². The number of alkyl carbamates (subject to hydrolysis) is 1. The number of hydrogen-bond acceptors (Lipinski definition) is 5. The minimum absolute atomic E-state index is 0.215. The second kappa shape index (κ2) is 11.3. The molecule has 2 aromatic carbocycles. The molecule has 1 N–H and O–H groups in total. The summed E-state index contributed by atoms with van der Waals surface area (Å²) in [4.78, 5) is 12.3. The molecule has 7 nitrogen and oxygen atoms in total. The largest absolute Gasteiger partial charge is 0.459 e. The summed E-state index contributed by atoms with van der Waals surface area (Å²) in [5.74, 6) is -0.280. The highest BCUT2D eigenvalue weighted by Gasteiger charge is 2.28. The lowest BCUT2D eigenvalue weighted by Gasteiger charge is -2.17. The number of aromatic nitrogens is 2. The summed E-state index contributed by atoms with van der Waals surface area (Å²) in [6.07, 6.45) is 7.57. The maximum absolute atomic E-state index is 13.7. The van der Waals surface area contributed by atoms with Crippen molar-refractivity contribution in [1.29, 1.82) is 0 Å². The van der Waals surface area contributed by atoms with Gasteiger partial charge in [0.25, 0.3) is 0 Å². The van der Waals surface area contributed by atoms with E-state index in [0.717, 1.165) is 53.8 Å². The van der Waals surface area contributed by atoms with Gasteiger partial charge < -0.3 is 19.5 Å². The molecule has 36 heavy (non-hydrogen) atoms. The molecule has 1 saturated carbocycles. The van der Waals surface area contributed by atoms with Gasteiger partial charge in [0.1, 0.15) is 24.9 Å². The van der Waals surface area contributed by atoms with E-state index < -0.39 is 12.4 Å². The Morgan fingerprint density at radius 2 is 1.78 bits per heavy atom. The Bertz CT molecular complexity index is 1180. The fraction of sp³-hybridized carbons (Fsp3) is 0.357. The van der Waals surface area contributed by atoms with Gasteiger partial charge in [0.15, 0.2) is 0 Å². The molecule has 0 bridgehead atoms. The van der Waals surface area contributed by atoms with Crippen molar-refractivity contribution in [3.8, 4) is 11.3 Å². The molecule has 2 heterocycles. The second-order valence-corrected chi connectivity index (χ2v) is 9.08. The summed E-state index contributed by atoms with van der Waals surface area (Å²) >= 11 is 0. The van der Waals surface area contributed by atoms with Crippen LogP contribution in [0.4, 0.5) is 9.18 Å². The van der Waals surface area contributed by atoms with Crippen LogP contribution < -0.4 is 5.32 Å². The molecule has 1 aliphatic carbocycles. The number of nitrogens with zero attached hydrogens (tertiary/aromatic N) is 2. The van der Waals surface area contributed by atoms with Crippen molar-refractivity contribution in [3.05, 3.63) is 89.8 Å².